The van der Waals surface area contributed by atoms with Crippen LogP contribution in [0.15, 0.2) is 0 Å². The van der Waals surface area contributed by atoms with Gasteiger partial charge in [0.25, 0.3) is 0 Å². The molecule has 3 aliphatic rings. The summed E-state index contributed by atoms with van der Waals surface area (Å²) in [5.74, 6) is 0. The van der Waals surface area contributed by atoms with Gasteiger partial charge in [0.05, 0.1) is 12.1 Å². The number of rotatable bonds is 1. The first-order chi connectivity index (χ1) is 7.86. The fourth-order valence-corrected chi connectivity index (χ4v) is 3.23. The molecule has 5 heteroatoms. The molecule has 90 valence electrons. The molecule has 2 atom stereocenters. The van der Waals surface area contributed by atoms with E-state index < -0.39 is 0 Å². The van der Waals surface area contributed by atoms with Gasteiger partial charge in [0.15, 0.2) is 0 Å². The SMILES string of the molecule is O=C1NC2CNCCC2N1C1CCNCC1. The normalized spacial score (nSPS) is 36.0. The number of piperidine rings is 2. The van der Waals surface area contributed by atoms with Gasteiger partial charge >= 0.3 is 6.03 Å². The van der Waals surface area contributed by atoms with Crippen LogP contribution in [-0.4, -0.2) is 55.2 Å². The Hall–Kier alpha value is -0.810. The summed E-state index contributed by atoms with van der Waals surface area (Å²) in [6, 6.07) is 1.37. The van der Waals surface area contributed by atoms with Crippen LogP contribution in [0.2, 0.25) is 0 Å². The average molecular weight is 224 g/mol. The van der Waals surface area contributed by atoms with Crippen molar-refractivity contribution < 1.29 is 4.79 Å². The maximum Gasteiger partial charge on any atom is 0.318 e. The van der Waals surface area contributed by atoms with Crippen LogP contribution in [0, 0.1) is 0 Å². The average Bonchev–Trinajstić information content (AvgIpc) is 2.66. The van der Waals surface area contributed by atoms with Gasteiger partial charge in [-0.3, -0.25) is 0 Å². The molecular formula is C11H20N4O. The molecule has 2 unspecified atom stereocenters. The predicted molar refractivity (Wildman–Crippen MR) is 61.3 cm³/mol. The number of hydrogen-bond donors (Lipinski definition) is 3. The highest BCUT2D eigenvalue weighted by Crippen LogP contribution is 2.25. The molecule has 0 spiro atoms. The topological polar surface area (TPSA) is 56.4 Å². The number of hydrogen-bond acceptors (Lipinski definition) is 3. The second kappa shape index (κ2) is 4.22. The van der Waals surface area contributed by atoms with E-state index in [0.29, 0.717) is 18.1 Å². The Kier molecular flexibility index (Phi) is 2.73. The predicted octanol–water partition coefficient (Wildman–Crippen LogP) is -0.506. The highest BCUT2D eigenvalue weighted by molar-refractivity contribution is 5.78. The van der Waals surface area contributed by atoms with E-state index in [1.54, 1.807) is 0 Å². The number of fused-ring (bicyclic) bond motifs is 1. The van der Waals surface area contributed by atoms with Crippen molar-refractivity contribution in [3.63, 3.8) is 0 Å². The molecule has 0 aromatic carbocycles. The van der Waals surface area contributed by atoms with Crippen molar-refractivity contribution in [2.75, 3.05) is 26.2 Å². The third-order valence-electron chi connectivity index (χ3n) is 4.05. The Morgan fingerprint density at radius 3 is 2.62 bits per heavy atom. The van der Waals surface area contributed by atoms with Gasteiger partial charge in [-0.25, -0.2) is 4.79 Å². The van der Waals surface area contributed by atoms with Crippen molar-refractivity contribution in [1.82, 2.24) is 20.9 Å². The zero-order valence-electron chi connectivity index (χ0n) is 9.54. The number of carbonyl (C=O) groups is 1. The van der Waals surface area contributed by atoms with Crippen LogP contribution in [0.1, 0.15) is 19.3 Å². The van der Waals surface area contributed by atoms with Gasteiger partial charge in [0.2, 0.25) is 0 Å². The van der Waals surface area contributed by atoms with Crippen molar-refractivity contribution in [1.29, 1.82) is 0 Å². The maximum atomic E-state index is 12.0. The fraction of sp³-hybridized carbons (Fsp3) is 0.909. The summed E-state index contributed by atoms with van der Waals surface area (Å²) in [6.07, 6.45) is 3.29. The molecule has 3 aliphatic heterocycles. The second-order valence-corrected chi connectivity index (χ2v) is 5.00. The first kappa shape index (κ1) is 10.4. The number of nitrogens with zero attached hydrogens (tertiary/aromatic N) is 1. The highest BCUT2D eigenvalue weighted by Gasteiger charge is 2.43. The largest absolute Gasteiger partial charge is 0.332 e. The number of nitrogens with one attached hydrogen (secondary N) is 3. The molecule has 3 heterocycles. The van der Waals surface area contributed by atoms with E-state index in [2.05, 4.69) is 20.9 Å². The van der Waals surface area contributed by atoms with E-state index in [1.807, 2.05) is 0 Å². The number of carbonyl (C=O) groups excluding carboxylic acids is 1. The third-order valence-corrected chi connectivity index (χ3v) is 4.05. The van der Waals surface area contributed by atoms with E-state index >= 15 is 0 Å². The van der Waals surface area contributed by atoms with E-state index in [-0.39, 0.29) is 6.03 Å². The Labute approximate surface area is 95.9 Å². The smallest absolute Gasteiger partial charge is 0.318 e. The summed E-state index contributed by atoms with van der Waals surface area (Å²) in [5.41, 5.74) is 0. The second-order valence-electron chi connectivity index (χ2n) is 5.00. The summed E-state index contributed by atoms with van der Waals surface area (Å²) >= 11 is 0. The lowest BCUT2D eigenvalue weighted by Crippen LogP contribution is -2.53. The van der Waals surface area contributed by atoms with Crippen LogP contribution in [-0.2, 0) is 0 Å². The summed E-state index contributed by atoms with van der Waals surface area (Å²) in [4.78, 5) is 14.1. The molecule has 3 saturated heterocycles. The van der Waals surface area contributed by atoms with Gasteiger partial charge in [-0.2, -0.15) is 0 Å². The van der Waals surface area contributed by atoms with Gasteiger partial charge in [-0.15, -0.1) is 0 Å². The van der Waals surface area contributed by atoms with Crippen molar-refractivity contribution >= 4 is 6.03 Å². The van der Waals surface area contributed by atoms with Gasteiger partial charge in [0, 0.05) is 12.6 Å². The van der Waals surface area contributed by atoms with Crippen LogP contribution in [0.5, 0.6) is 0 Å². The minimum Gasteiger partial charge on any atom is -0.332 e. The molecule has 16 heavy (non-hydrogen) atoms. The van der Waals surface area contributed by atoms with Crippen LogP contribution in [0.4, 0.5) is 4.79 Å². The lowest BCUT2D eigenvalue weighted by molar-refractivity contribution is 0.141. The fourth-order valence-electron chi connectivity index (χ4n) is 3.23. The summed E-state index contributed by atoms with van der Waals surface area (Å²) < 4.78 is 0. The highest BCUT2D eigenvalue weighted by atomic mass is 16.2. The summed E-state index contributed by atoms with van der Waals surface area (Å²) in [5, 5.41) is 9.81. The molecule has 3 N–H and O–H groups in total. The minimum absolute atomic E-state index is 0.158. The molecule has 3 rings (SSSR count). The Bertz CT molecular complexity index is 277. The zero-order valence-corrected chi connectivity index (χ0v) is 9.54. The van der Waals surface area contributed by atoms with Crippen molar-refractivity contribution in [2.45, 2.75) is 37.4 Å². The Morgan fingerprint density at radius 2 is 1.81 bits per heavy atom. The van der Waals surface area contributed by atoms with E-state index in [0.717, 1.165) is 45.4 Å². The van der Waals surface area contributed by atoms with E-state index in [1.165, 1.54) is 0 Å². The number of urea groups is 1. The van der Waals surface area contributed by atoms with Gasteiger partial charge < -0.3 is 20.9 Å². The lowest BCUT2D eigenvalue weighted by Gasteiger charge is -2.37. The summed E-state index contributed by atoms with van der Waals surface area (Å²) in [6.45, 7) is 4.06. The van der Waals surface area contributed by atoms with Crippen molar-refractivity contribution in [3.05, 3.63) is 0 Å². The van der Waals surface area contributed by atoms with Crippen LogP contribution in [0.3, 0.4) is 0 Å². The molecule has 2 amide bonds. The standard InChI is InChI=1S/C11H20N4O/c16-11-14-9-7-13-6-3-10(9)15(11)8-1-4-12-5-2-8/h8-10,12-13H,1-7H2,(H,14,16). The molecule has 5 nitrogen and oxygen atoms in total. The lowest BCUT2D eigenvalue weighted by atomic mass is 9.97. The maximum absolute atomic E-state index is 12.0. The van der Waals surface area contributed by atoms with Crippen LogP contribution >= 0.6 is 0 Å². The Balaban J connectivity index is 1.74. The third kappa shape index (κ3) is 1.68. The molecule has 3 fully saturated rings. The zero-order chi connectivity index (χ0) is 11.0. The summed E-state index contributed by atoms with van der Waals surface area (Å²) in [7, 11) is 0. The number of amides is 2. The van der Waals surface area contributed by atoms with Gasteiger partial charge in [-0.05, 0) is 38.9 Å². The Morgan fingerprint density at radius 1 is 1.06 bits per heavy atom. The molecule has 0 radical (unpaired) electrons. The quantitative estimate of drug-likeness (QED) is 0.562. The van der Waals surface area contributed by atoms with E-state index in [4.69, 9.17) is 0 Å². The molecule has 0 aromatic rings. The van der Waals surface area contributed by atoms with Crippen molar-refractivity contribution in [2.24, 2.45) is 0 Å². The van der Waals surface area contributed by atoms with Crippen LogP contribution in [0.25, 0.3) is 0 Å². The molecule has 0 saturated carbocycles. The van der Waals surface area contributed by atoms with Gasteiger partial charge in [0.1, 0.15) is 0 Å². The molecular weight excluding hydrogens is 204 g/mol. The minimum atomic E-state index is 0.158. The molecule has 0 bridgehead atoms. The first-order valence-corrected chi connectivity index (χ1v) is 6.36. The first-order valence-electron chi connectivity index (χ1n) is 6.36. The van der Waals surface area contributed by atoms with Crippen molar-refractivity contribution in [3.8, 4) is 0 Å². The monoisotopic (exact) mass is 224 g/mol. The van der Waals surface area contributed by atoms with E-state index in [9.17, 15) is 4.79 Å². The molecule has 0 aliphatic carbocycles. The van der Waals surface area contributed by atoms with Crippen LogP contribution < -0.4 is 16.0 Å². The molecule has 0 aromatic heterocycles. The van der Waals surface area contributed by atoms with Gasteiger partial charge in [-0.1, -0.05) is 0 Å².